The van der Waals surface area contributed by atoms with E-state index < -0.39 is 61.2 Å². The lowest BCUT2D eigenvalue weighted by atomic mass is 9.41. The third kappa shape index (κ3) is 15.7. The minimum absolute atomic E-state index is 0.264. The molecule has 0 radical (unpaired) electrons. The van der Waals surface area contributed by atoms with Crippen molar-refractivity contribution in [3.63, 3.8) is 0 Å². The highest BCUT2D eigenvalue weighted by atomic mass is 19.1. The fourth-order valence-corrected chi connectivity index (χ4v) is 8.69. The Morgan fingerprint density at radius 3 is 1.77 bits per heavy atom. The summed E-state index contributed by atoms with van der Waals surface area (Å²) in [4.78, 5) is 12.9. The predicted molar refractivity (Wildman–Crippen MR) is 200 cm³/mol. The Bertz CT molecular complexity index is 937. The van der Waals surface area contributed by atoms with E-state index in [1.165, 1.54) is 89.9 Å². The number of hydrogen-bond acceptors (Lipinski definition) is 9. The lowest BCUT2D eigenvalue weighted by Gasteiger charge is -2.66. The molecule has 11 heteroatoms. The van der Waals surface area contributed by atoms with Crippen LogP contribution in [0.1, 0.15) is 180 Å². The van der Waals surface area contributed by atoms with Crippen LogP contribution in [0.15, 0.2) is 0 Å². The highest BCUT2D eigenvalue weighted by Crippen LogP contribution is 2.71. The molecule has 7 N–H and O–H groups in total. The second-order valence-electron chi connectivity index (χ2n) is 16.8. The molecule has 1 heterocycles. The summed E-state index contributed by atoms with van der Waals surface area (Å²) in [7, 11) is 0. The number of aliphatic hydroxyl groups excluding tert-OH is 6. The lowest BCUT2D eigenvalue weighted by molar-refractivity contribution is -0.303. The number of nitrogens with one attached hydrogen (secondary N) is 1. The normalized spacial score (nSPS) is 30.0. The van der Waals surface area contributed by atoms with Gasteiger partial charge in [0.2, 0.25) is 5.91 Å². The van der Waals surface area contributed by atoms with E-state index in [0.717, 1.165) is 64.2 Å². The topological polar surface area (TPSA) is 169 Å². The summed E-state index contributed by atoms with van der Waals surface area (Å²) in [6.07, 6.45) is 18.6. The quantitative estimate of drug-likeness (QED) is 0.0392. The number of rotatable bonds is 32. The molecule has 2 bridgehead atoms. The monoisotopic (exact) mass is 746 g/mol. The molecule has 4 fully saturated rings. The molecule has 52 heavy (non-hydrogen) atoms. The van der Waals surface area contributed by atoms with E-state index in [1.54, 1.807) is 0 Å². The molecule has 0 aromatic rings. The molecule has 5 unspecified atom stereocenters. The van der Waals surface area contributed by atoms with Crippen molar-refractivity contribution in [3.05, 3.63) is 0 Å². The van der Waals surface area contributed by atoms with E-state index in [4.69, 9.17) is 9.47 Å². The van der Waals surface area contributed by atoms with Crippen LogP contribution < -0.4 is 5.32 Å². The molecule has 3 saturated carbocycles. The predicted octanol–water partition coefficient (Wildman–Crippen LogP) is 6.28. The highest BCUT2D eigenvalue weighted by Gasteiger charge is 2.68. The molecular formula is C41H76FNO9. The molecule has 1 amide bonds. The number of halogens is 1. The zero-order chi connectivity index (χ0) is 37.8. The van der Waals surface area contributed by atoms with Gasteiger partial charge in [-0.2, -0.15) is 0 Å². The van der Waals surface area contributed by atoms with Crippen LogP contribution in [-0.2, 0) is 14.3 Å². The van der Waals surface area contributed by atoms with Gasteiger partial charge in [0, 0.05) is 6.42 Å². The molecule has 0 aromatic heterocycles. The molecule has 4 aliphatic rings. The Hall–Kier alpha value is -0.920. The SMILES string of the molecule is CCCCCCCCCCCCCC[C@@H](O)[C@@H](O)[C@H](COC1OC(CO)C(O)C(O)C1O)NC(=O)CCCCCCCCCCCC12CC(F)(C1)C2. The Balaban J connectivity index is 1.31. The number of hydrogen-bond donors (Lipinski definition) is 7. The van der Waals surface area contributed by atoms with Gasteiger partial charge in [0.05, 0.1) is 25.4 Å². The second-order valence-corrected chi connectivity index (χ2v) is 16.8. The summed E-state index contributed by atoms with van der Waals surface area (Å²) >= 11 is 0. The van der Waals surface area contributed by atoms with E-state index in [1.807, 2.05) is 0 Å². The third-order valence-corrected chi connectivity index (χ3v) is 12.0. The molecule has 0 spiro atoms. The van der Waals surface area contributed by atoms with Gasteiger partial charge in [-0.15, -0.1) is 0 Å². The van der Waals surface area contributed by atoms with Crippen molar-refractivity contribution in [2.75, 3.05) is 13.2 Å². The summed E-state index contributed by atoms with van der Waals surface area (Å²) in [6.45, 7) is 1.31. The summed E-state index contributed by atoms with van der Waals surface area (Å²) in [6, 6.07) is -1.00. The van der Waals surface area contributed by atoms with Crippen LogP contribution in [0.2, 0.25) is 0 Å². The van der Waals surface area contributed by atoms with Crippen molar-refractivity contribution in [3.8, 4) is 0 Å². The van der Waals surface area contributed by atoms with Gasteiger partial charge >= 0.3 is 0 Å². The van der Waals surface area contributed by atoms with Gasteiger partial charge in [0.1, 0.15) is 36.2 Å². The van der Waals surface area contributed by atoms with Crippen molar-refractivity contribution in [2.45, 2.75) is 235 Å². The molecule has 306 valence electrons. The van der Waals surface area contributed by atoms with Gasteiger partial charge < -0.3 is 45.4 Å². The van der Waals surface area contributed by atoms with Crippen LogP contribution in [0, 0.1) is 5.41 Å². The Morgan fingerprint density at radius 2 is 1.25 bits per heavy atom. The van der Waals surface area contributed by atoms with Crippen LogP contribution in [0.5, 0.6) is 0 Å². The van der Waals surface area contributed by atoms with E-state index >= 15 is 0 Å². The molecule has 8 atom stereocenters. The minimum Gasteiger partial charge on any atom is -0.394 e. The first kappa shape index (κ1) is 45.5. The number of carbonyl (C=O) groups excluding carboxylic acids is 1. The number of carbonyl (C=O) groups is 1. The van der Waals surface area contributed by atoms with Crippen LogP contribution in [0.4, 0.5) is 4.39 Å². The first-order valence-corrected chi connectivity index (χ1v) is 21.3. The van der Waals surface area contributed by atoms with Gasteiger partial charge in [-0.25, -0.2) is 4.39 Å². The number of alkyl halides is 1. The molecule has 4 rings (SSSR count). The number of ether oxygens (including phenoxy) is 2. The number of unbranched alkanes of at least 4 members (excludes halogenated alkanes) is 19. The third-order valence-electron chi connectivity index (χ3n) is 12.0. The van der Waals surface area contributed by atoms with E-state index in [9.17, 15) is 39.8 Å². The van der Waals surface area contributed by atoms with Crippen LogP contribution in [0.3, 0.4) is 0 Å². The first-order valence-electron chi connectivity index (χ1n) is 21.3. The Labute approximate surface area is 313 Å². The zero-order valence-corrected chi connectivity index (χ0v) is 32.4. The number of amides is 1. The molecule has 0 aromatic carbocycles. The second kappa shape index (κ2) is 24.6. The first-order chi connectivity index (χ1) is 25.0. The summed E-state index contributed by atoms with van der Waals surface area (Å²) in [5.41, 5.74) is -0.425. The Kier molecular flexibility index (Phi) is 21.5. The van der Waals surface area contributed by atoms with Crippen molar-refractivity contribution < 1.29 is 49.3 Å². The summed E-state index contributed by atoms with van der Waals surface area (Å²) < 4.78 is 24.8. The average molecular weight is 746 g/mol. The molecule has 10 nitrogen and oxygen atoms in total. The van der Waals surface area contributed by atoms with E-state index in [0.29, 0.717) is 18.3 Å². The highest BCUT2D eigenvalue weighted by molar-refractivity contribution is 5.76. The van der Waals surface area contributed by atoms with Crippen LogP contribution >= 0.6 is 0 Å². The van der Waals surface area contributed by atoms with E-state index in [2.05, 4.69) is 12.2 Å². The zero-order valence-electron chi connectivity index (χ0n) is 32.4. The summed E-state index contributed by atoms with van der Waals surface area (Å²) in [5, 5.41) is 64.9. The Morgan fingerprint density at radius 1 is 0.750 bits per heavy atom. The smallest absolute Gasteiger partial charge is 0.220 e. The molecule has 1 aliphatic heterocycles. The maximum absolute atomic E-state index is 13.7. The van der Waals surface area contributed by atoms with Crippen molar-refractivity contribution >= 4 is 5.91 Å². The molecule has 3 aliphatic carbocycles. The van der Waals surface area contributed by atoms with Crippen molar-refractivity contribution in [1.82, 2.24) is 5.32 Å². The van der Waals surface area contributed by atoms with Gasteiger partial charge in [-0.05, 0) is 43.9 Å². The van der Waals surface area contributed by atoms with Crippen molar-refractivity contribution in [2.24, 2.45) is 5.41 Å². The van der Waals surface area contributed by atoms with Gasteiger partial charge in [-0.3, -0.25) is 4.79 Å². The van der Waals surface area contributed by atoms with Crippen LogP contribution in [-0.4, -0.2) is 104 Å². The van der Waals surface area contributed by atoms with E-state index in [-0.39, 0.29) is 18.9 Å². The molecule has 1 saturated heterocycles. The molecular weight excluding hydrogens is 669 g/mol. The fraction of sp³-hybridized carbons (Fsp3) is 0.976. The number of aliphatic hydroxyl groups is 6. The van der Waals surface area contributed by atoms with Crippen molar-refractivity contribution in [1.29, 1.82) is 0 Å². The minimum atomic E-state index is -1.61. The summed E-state index contributed by atoms with van der Waals surface area (Å²) in [5.74, 6) is -0.276. The van der Waals surface area contributed by atoms with Gasteiger partial charge in [-0.1, -0.05) is 135 Å². The van der Waals surface area contributed by atoms with Crippen LogP contribution in [0.25, 0.3) is 0 Å². The fourth-order valence-electron chi connectivity index (χ4n) is 8.69. The maximum atomic E-state index is 13.7. The average Bonchev–Trinajstić information content (AvgIpc) is 3.10. The standard InChI is InChI=1S/C41H76FNO9/c1-2-3-4-5-6-7-8-9-11-14-17-20-23-32(45)35(47)31(27-51-39-38(50)37(49)36(48)33(26-44)52-39)43-34(46)24-21-18-15-12-10-13-16-19-22-25-40-28-41(42,29-40)30-40/h31-33,35-39,44-45,47-50H,2-30H2,1H3,(H,43,46)/t31-,32+,33?,35-,36?,37?,38?,39?,40?,41?/m0/s1. The largest absolute Gasteiger partial charge is 0.394 e. The van der Waals surface area contributed by atoms with Gasteiger partial charge in [0.25, 0.3) is 0 Å². The maximum Gasteiger partial charge on any atom is 0.220 e. The van der Waals surface area contributed by atoms with Gasteiger partial charge in [0.15, 0.2) is 6.29 Å². The lowest BCUT2D eigenvalue weighted by Crippen LogP contribution is -2.64.